The van der Waals surface area contributed by atoms with Crippen LogP contribution >= 0.6 is 34.8 Å². The van der Waals surface area contributed by atoms with Gasteiger partial charge in [-0.15, -0.1) is 0 Å². The summed E-state index contributed by atoms with van der Waals surface area (Å²) in [6.45, 7) is 0. The third-order valence-electron chi connectivity index (χ3n) is 7.43. The number of carbonyl (C=O) groups is 4. The summed E-state index contributed by atoms with van der Waals surface area (Å²) in [6, 6.07) is -0.408. The first-order chi connectivity index (χ1) is 15.7. The summed E-state index contributed by atoms with van der Waals surface area (Å²) in [5.41, 5.74) is -0.870. The van der Waals surface area contributed by atoms with Gasteiger partial charge in [-0.25, -0.2) is 9.59 Å². The summed E-state index contributed by atoms with van der Waals surface area (Å²) in [6.07, 6.45) is 1.63. The van der Waals surface area contributed by atoms with E-state index in [1.807, 2.05) is 0 Å². The van der Waals surface area contributed by atoms with Gasteiger partial charge >= 0.3 is 23.5 Å². The molecule has 4 aliphatic carbocycles. The zero-order valence-corrected chi connectivity index (χ0v) is 19.5. The van der Waals surface area contributed by atoms with E-state index in [1.165, 1.54) is 0 Å². The van der Waals surface area contributed by atoms with Crippen LogP contribution in [-0.2, 0) is 33.3 Å². The van der Waals surface area contributed by atoms with Crippen LogP contribution in [0.1, 0.15) is 25.7 Å². The van der Waals surface area contributed by atoms with E-state index in [0.717, 1.165) is 25.7 Å². The van der Waals surface area contributed by atoms with E-state index < -0.39 is 11.6 Å². The van der Waals surface area contributed by atoms with Crippen molar-refractivity contribution in [2.45, 2.75) is 50.1 Å². The molecule has 13 heteroatoms. The van der Waals surface area contributed by atoms with Crippen LogP contribution in [0.5, 0.6) is 0 Å². The van der Waals surface area contributed by atoms with Gasteiger partial charge in [0.15, 0.2) is 12.1 Å². The van der Waals surface area contributed by atoms with Gasteiger partial charge in [0, 0.05) is 29.4 Å². The molecule has 2 saturated heterocycles. The number of halogens is 3. The Balaban J connectivity index is 0.000000132. The fraction of sp³-hybridized carbons (Fsp3) is 0.800. The lowest BCUT2D eigenvalue weighted by molar-refractivity contribution is -0.146. The van der Waals surface area contributed by atoms with Gasteiger partial charge in [0.2, 0.25) is 0 Å². The van der Waals surface area contributed by atoms with Crippen molar-refractivity contribution in [1.82, 2.24) is 0 Å². The number of rotatable bonds is 3. The summed E-state index contributed by atoms with van der Waals surface area (Å²) in [5.74, 6) is 1.10. The minimum absolute atomic E-state index is 0.0268. The van der Waals surface area contributed by atoms with Crippen LogP contribution < -0.4 is 0 Å². The van der Waals surface area contributed by atoms with Crippen molar-refractivity contribution in [3.8, 4) is 0 Å². The third kappa shape index (κ3) is 4.72. The summed E-state index contributed by atoms with van der Waals surface area (Å²) >= 11 is 14.8. The average molecular weight is 530 g/mol. The third-order valence-corrected chi connectivity index (χ3v) is 7.76. The Morgan fingerprint density at radius 3 is 1.94 bits per heavy atom. The first-order valence-electron chi connectivity index (χ1n) is 10.6. The molecule has 2 heterocycles. The largest absolute Gasteiger partial charge is 0.509 e. The molecule has 184 valence electrons. The predicted molar refractivity (Wildman–Crippen MR) is 110 cm³/mol. The second-order valence-electron chi connectivity index (χ2n) is 8.87. The van der Waals surface area contributed by atoms with Crippen molar-refractivity contribution < 1.29 is 48.0 Å². The van der Waals surface area contributed by atoms with E-state index >= 15 is 0 Å². The first-order valence-corrected chi connectivity index (χ1v) is 12.1. The topological polar surface area (TPSA) is 135 Å². The SMILES string of the molecule is O=C(Cl)OCCl.O=C(OCCl)OC1C2CC3C(=O)OC1C3C2.O=C1OC2C(O)C3CC1C2C3. The lowest BCUT2D eigenvalue weighted by Crippen LogP contribution is -2.36. The minimum Gasteiger partial charge on any atom is -0.459 e. The maximum absolute atomic E-state index is 11.4. The van der Waals surface area contributed by atoms with E-state index in [0.29, 0.717) is 11.8 Å². The van der Waals surface area contributed by atoms with Crippen molar-refractivity contribution in [2.24, 2.45) is 35.5 Å². The number of carbonyl (C=O) groups excluding carboxylic acids is 4. The maximum atomic E-state index is 11.4. The quantitative estimate of drug-likeness (QED) is 0.252. The van der Waals surface area contributed by atoms with Gasteiger partial charge in [-0.3, -0.25) is 9.59 Å². The van der Waals surface area contributed by atoms with E-state index in [-0.39, 0.29) is 72.2 Å². The average Bonchev–Trinajstić information content (AvgIpc) is 3.54. The van der Waals surface area contributed by atoms with Gasteiger partial charge in [0.05, 0.1) is 17.9 Å². The normalized spacial score (nSPS) is 41.9. The zero-order chi connectivity index (χ0) is 23.9. The highest BCUT2D eigenvalue weighted by molar-refractivity contribution is 6.61. The fourth-order valence-electron chi connectivity index (χ4n) is 6.22. The molecule has 10 atom stereocenters. The Kier molecular flexibility index (Phi) is 7.47. The first kappa shape index (κ1) is 24.6. The molecule has 0 aromatic heterocycles. The molecule has 6 rings (SSSR count). The van der Waals surface area contributed by atoms with Gasteiger partial charge in [0.25, 0.3) is 0 Å². The number of hydrogen-bond donors (Lipinski definition) is 1. The maximum Gasteiger partial charge on any atom is 0.509 e. The Morgan fingerprint density at radius 2 is 1.42 bits per heavy atom. The molecule has 0 aromatic rings. The lowest BCUT2D eigenvalue weighted by Gasteiger charge is -2.24. The predicted octanol–water partition coefficient (Wildman–Crippen LogP) is 2.77. The molecule has 6 aliphatic rings. The number of alkyl halides is 2. The number of ether oxygens (including phenoxy) is 5. The van der Waals surface area contributed by atoms with Crippen molar-refractivity contribution in [2.75, 3.05) is 12.1 Å². The van der Waals surface area contributed by atoms with Crippen LogP contribution in [0.4, 0.5) is 9.59 Å². The van der Waals surface area contributed by atoms with E-state index in [2.05, 4.69) is 21.1 Å². The number of hydrogen-bond acceptors (Lipinski definition) is 10. The smallest absolute Gasteiger partial charge is 0.459 e. The van der Waals surface area contributed by atoms with Crippen molar-refractivity contribution >= 4 is 58.3 Å². The van der Waals surface area contributed by atoms with Gasteiger partial charge < -0.3 is 28.8 Å². The Labute approximate surface area is 204 Å². The molecular formula is C20H23Cl3O10. The van der Waals surface area contributed by atoms with E-state index in [1.54, 1.807) is 0 Å². The minimum atomic E-state index is -0.870. The van der Waals surface area contributed by atoms with E-state index in [4.69, 9.17) is 37.4 Å². The van der Waals surface area contributed by atoms with Gasteiger partial charge in [-0.05, 0) is 31.6 Å². The number of aliphatic hydroxyl groups excluding tert-OH is 1. The second kappa shape index (κ2) is 10.0. The molecule has 6 fully saturated rings. The number of fused-ring (bicyclic) bond motifs is 2. The summed E-state index contributed by atoms with van der Waals surface area (Å²) in [5, 5.41) is 9.55. The van der Waals surface area contributed by atoms with Crippen LogP contribution in [0.25, 0.3) is 0 Å². The van der Waals surface area contributed by atoms with Crippen molar-refractivity contribution in [1.29, 1.82) is 0 Å². The standard InChI is InChI=1S/C10H11ClO5.C8H10O3.C2H2Cl2O2/c11-3-14-10(13)16-7-4-1-5-6(2-4)9(12)15-8(5)7;9-6-3-1-4-5(2-3)8(10)11-7(4)6;3-1-6-2(4)5/h4-8H,1-3H2;3-7,9H,1-2H2;1H2. The van der Waals surface area contributed by atoms with Crippen molar-refractivity contribution in [3.63, 3.8) is 0 Å². The lowest BCUT2D eigenvalue weighted by atomic mass is 9.88. The molecule has 2 aliphatic heterocycles. The fourth-order valence-corrected chi connectivity index (χ4v) is 6.52. The molecular weight excluding hydrogens is 507 g/mol. The molecule has 0 radical (unpaired) electrons. The highest BCUT2D eigenvalue weighted by Crippen LogP contribution is 2.56. The summed E-state index contributed by atoms with van der Waals surface area (Å²) in [7, 11) is 0. The van der Waals surface area contributed by atoms with Crippen LogP contribution in [0.3, 0.4) is 0 Å². The Morgan fingerprint density at radius 1 is 0.879 bits per heavy atom. The van der Waals surface area contributed by atoms with Gasteiger partial charge in [-0.2, -0.15) is 0 Å². The molecule has 0 spiro atoms. The number of esters is 2. The highest BCUT2D eigenvalue weighted by Gasteiger charge is 2.63. The Bertz CT molecular complexity index is 809. The number of aliphatic hydroxyl groups is 1. The molecule has 1 N–H and O–H groups in total. The Hall–Kier alpha value is -1.49. The van der Waals surface area contributed by atoms with Gasteiger partial charge in [-0.1, -0.05) is 23.2 Å². The molecule has 4 saturated carbocycles. The summed E-state index contributed by atoms with van der Waals surface area (Å²) < 4.78 is 23.9. The molecule has 33 heavy (non-hydrogen) atoms. The molecule has 10 unspecified atom stereocenters. The highest BCUT2D eigenvalue weighted by atomic mass is 35.5. The molecule has 4 bridgehead atoms. The summed E-state index contributed by atoms with van der Waals surface area (Å²) in [4.78, 5) is 43.2. The van der Waals surface area contributed by atoms with Crippen molar-refractivity contribution in [3.05, 3.63) is 0 Å². The van der Waals surface area contributed by atoms with Crippen LogP contribution in [-0.4, -0.2) is 65.2 Å². The monoisotopic (exact) mass is 528 g/mol. The zero-order valence-electron chi connectivity index (χ0n) is 17.3. The van der Waals surface area contributed by atoms with Crippen LogP contribution in [0.2, 0.25) is 0 Å². The van der Waals surface area contributed by atoms with Gasteiger partial charge in [0.1, 0.15) is 18.3 Å². The van der Waals surface area contributed by atoms with E-state index in [9.17, 15) is 24.3 Å². The second-order valence-corrected chi connectivity index (χ2v) is 9.62. The molecule has 0 aromatic carbocycles. The molecule has 0 amide bonds. The molecule has 10 nitrogen and oxygen atoms in total. The van der Waals surface area contributed by atoms with Crippen LogP contribution in [0, 0.1) is 35.5 Å². The van der Waals surface area contributed by atoms with Crippen LogP contribution in [0.15, 0.2) is 0 Å².